The number of hydrogen-bond acceptors (Lipinski definition) is 6. The molecule has 2 aromatic rings. The van der Waals surface area contributed by atoms with E-state index in [-0.39, 0.29) is 18.3 Å². The zero-order chi connectivity index (χ0) is 19.6. The lowest BCUT2D eigenvalue weighted by molar-refractivity contribution is 0.0939. The number of nitrogens with one attached hydrogen (secondary N) is 1. The second-order valence-corrected chi connectivity index (χ2v) is 7.08. The molecule has 1 aliphatic heterocycles. The first-order chi connectivity index (χ1) is 12.8. The number of hydrogen-bond donors (Lipinski definition) is 1. The fourth-order valence-electron chi connectivity index (χ4n) is 3.14. The molecule has 1 N–H and O–H groups in total. The van der Waals surface area contributed by atoms with Gasteiger partial charge >= 0.3 is 0 Å². The normalized spacial score (nSPS) is 16.8. The van der Waals surface area contributed by atoms with Crippen LogP contribution in [0.1, 0.15) is 34.0 Å². The lowest BCUT2D eigenvalue weighted by atomic mass is 10.2. The molecule has 2 aromatic heterocycles. The van der Waals surface area contributed by atoms with Crippen molar-refractivity contribution < 1.29 is 9.18 Å². The number of carbonyl (C=O) groups is 1. The van der Waals surface area contributed by atoms with E-state index in [1.165, 1.54) is 12.1 Å². The molecule has 0 unspecified atom stereocenters. The molecule has 3 rings (SSSR count). The van der Waals surface area contributed by atoms with Gasteiger partial charge in [-0.3, -0.25) is 9.78 Å². The molecule has 144 valence electrons. The van der Waals surface area contributed by atoms with E-state index < -0.39 is 5.82 Å². The number of halogens is 1. The van der Waals surface area contributed by atoms with Crippen molar-refractivity contribution in [3.8, 4) is 0 Å². The molecule has 0 saturated carbocycles. The number of carbonyl (C=O) groups excluding carboxylic acids is 1. The lowest BCUT2D eigenvalue weighted by Crippen LogP contribution is -2.33. The van der Waals surface area contributed by atoms with Gasteiger partial charge in [0.05, 0.1) is 18.4 Å². The Balaban J connectivity index is 1.74. The molecule has 0 aliphatic carbocycles. The number of likely N-dealkylation sites (N-methyl/N-ethyl adjacent to an activating group) is 1. The number of pyridine rings is 1. The third-order valence-electron chi connectivity index (χ3n) is 4.98. The molecule has 1 aliphatic rings. The molecule has 0 spiro atoms. The van der Waals surface area contributed by atoms with E-state index in [4.69, 9.17) is 0 Å². The van der Waals surface area contributed by atoms with Crippen molar-refractivity contribution in [2.24, 2.45) is 0 Å². The minimum atomic E-state index is -0.408. The molecule has 0 aromatic carbocycles. The summed E-state index contributed by atoms with van der Waals surface area (Å²) >= 11 is 0. The van der Waals surface area contributed by atoms with Crippen molar-refractivity contribution in [3.05, 3.63) is 46.9 Å². The third kappa shape index (κ3) is 4.39. The van der Waals surface area contributed by atoms with Crippen LogP contribution in [-0.2, 0) is 6.54 Å². The van der Waals surface area contributed by atoms with Gasteiger partial charge in [0.2, 0.25) is 5.82 Å². The van der Waals surface area contributed by atoms with Crippen LogP contribution in [0.15, 0.2) is 18.3 Å². The van der Waals surface area contributed by atoms with E-state index in [2.05, 4.69) is 44.2 Å². The maximum Gasteiger partial charge on any atom is 0.289 e. The van der Waals surface area contributed by atoms with E-state index in [0.717, 1.165) is 42.8 Å². The first-order valence-electron chi connectivity index (χ1n) is 9.00. The standard InChI is InChI=1S/C19H25FN6O/c1-12-13(2)23-17(19(27)22-10-15-6-5-14(20)9-21-15)24-18(12)26-8-7-16(11-26)25(3)4/h5-6,9,16H,7-8,10-11H2,1-4H3,(H,22,27)/t16-/m1/s1. The van der Waals surface area contributed by atoms with Crippen LogP contribution in [0.3, 0.4) is 0 Å². The average Bonchev–Trinajstić information content (AvgIpc) is 3.13. The van der Waals surface area contributed by atoms with Gasteiger partial charge in [0.25, 0.3) is 5.91 Å². The van der Waals surface area contributed by atoms with Crippen molar-refractivity contribution in [3.63, 3.8) is 0 Å². The Bertz CT molecular complexity index is 824. The Morgan fingerprint density at radius 2 is 2.11 bits per heavy atom. The largest absolute Gasteiger partial charge is 0.355 e. The van der Waals surface area contributed by atoms with Gasteiger partial charge in [-0.1, -0.05) is 0 Å². The number of aromatic nitrogens is 3. The SMILES string of the molecule is Cc1nc(C(=O)NCc2ccc(F)cn2)nc(N2CC[C@@H](N(C)C)C2)c1C. The van der Waals surface area contributed by atoms with Gasteiger partial charge in [-0.2, -0.15) is 0 Å². The predicted octanol–water partition coefficient (Wildman–Crippen LogP) is 1.70. The quantitative estimate of drug-likeness (QED) is 0.861. The van der Waals surface area contributed by atoms with Crippen molar-refractivity contribution in [1.29, 1.82) is 0 Å². The Labute approximate surface area is 158 Å². The van der Waals surface area contributed by atoms with Crippen molar-refractivity contribution in [1.82, 2.24) is 25.2 Å². The number of nitrogens with zero attached hydrogens (tertiary/aromatic N) is 5. The first kappa shape index (κ1) is 19.2. The van der Waals surface area contributed by atoms with Crippen molar-refractivity contribution in [2.45, 2.75) is 32.9 Å². The fraction of sp³-hybridized carbons (Fsp3) is 0.474. The Hall–Kier alpha value is -2.61. The summed E-state index contributed by atoms with van der Waals surface area (Å²) in [5, 5.41) is 2.75. The van der Waals surface area contributed by atoms with E-state index in [0.29, 0.717) is 11.7 Å². The van der Waals surface area contributed by atoms with Crippen LogP contribution < -0.4 is 10.2 Å². The lowest BCUT2D eigenvalue weighted by Gasteiger charge is -2.23. The second-order valence-electron chi connectivity index (χ2n) is 7.08. The molecular formula is C19H25FN6O. The minimum Gasteiger partial charge on any atom is -0.355 e. The molecule has 0 radical (unpaired) electrons. The van der Waals surface area contributed by atoms with Crippen LogP contribution in [0, 0.1) is 19.7 Å². The van der Waals surface area contributed by atoms with Gasteiger partial charge in [-0.05, 0) is 46.5 Å². The molecule has 3 heterocycles. The number of amides is 1. The molecule has 8 heteroatoms. The summed E-state index contributed by atoms with van der Waals surface area (Å²) in [6.07, 6.45) is 2.19. The summed E-state index contributed by atoms with van der Waals surface area (Å²) in [7, 11) is 4.16. The number of anilines is 1. The second kappa shape index (κ2) is 7.96. The Kier molecular flexibility index (Phi) is 5.65. The van der Waals surface area contributed by atoms with Crippen LogP contribution >= 0.6 is 0 Å². The zero-order valence-electron chi connectivity index (χ0n) is 16.2. The van der Waals surface area contributed by atoms with Crippen molar-refractivity contribution >= 4 is 11.7 Å². The topological polar surface area (TPSA) is 74.2 Å². The molecule has 0 bridgehead atoms. The summed E-state index contributed by atoms with van der Waals surface area (Å²) < 4.78 is 12.9. The minimum absolute atomic E-state index is 0.142. The van der Waals surface area contributed by atoms with Crippen LogP contribution in [0.5, 0.6) is 0 Å². The highest BCUT2D eigenvalue weighted by Crippen LogP contribution is 2.25. The summed E-state index contributed by atoms with van der Waals surface area (Å²) in [5.74, 6) is 0.183. The number of aryl methyl sites for hydroxylation is 1. The first-order valence-corrected chi connectivity index (χ1v) is 9.00. The molecule has 1 fully saturated rings. The zero-order valence-corrected chi connectivity index (χ0v) is 16.2. The van der Waals surface area contributed by atoms with E-state index in [1.807, 2.05) is 13.8 Å². The fourth-order valence-corrected chi connectivity index (χ4v) is 3.14. The third-order valence-corrected chi connectivity index (χ3v) is 4.98. The van der Waals surface area contributed by atoms with E-state index in [9.17, 15) is 9.18 Å². The number of rotatable bonds is 5. The predicted molar refractivity (Wildman–Crippen MR) is 101 cm³/mol. The average molecular weight is 372 g/mol. The molecule has 7 nitrogen and oxygen atoms in total. The van der Waals surface area contributed by atoms with Gasteiger partial charge in [-0.25, -0.2) is 14.4 Å². The molecular weight excluding hydrogens is 347 g/mol. The van der Waals surface area contributed by atoms with Gasteiger partial charge in [0, 0.05) is 30.4 Å². The monoisotopic (exact) mass is 372 g/mol. The molecule has 1 saturated heterocycles. The molecule has 1 atom stereocenters. The Morgan fingerprint density at radius 1 is 1.33 bits per heavy atom. The van der Waals surface area contributed by atoms with Gasteiger partial charge in [-0.15, -0.1) is 0 Å². The highest BCUT2D eigenvalue weighted by atomic mass is 19.1. The molecule has 27 heavy (non-hydrogen) atoms. The summed E-state index contributed by atoms with van der Waals surface area (Å²) in [6, 6.07) is 3.32. The summed E-state index contributed by atoms with van der Waals surface area (Å²) in [6.45, 7) is 5.85. The van der Waals surface area contributed by atoms with Crippen LogP contribution in [0.2, 0.25) is 0 Å². The van der Waals surface area contributed by atoms with Gasteiger partial charge in [0.15, 0.2) is 0 Å². The molecule has 1 amide bonds. The highest BCUT2D eigenvalue weighted by molar-refractivity contribution is 5.90. The van der Waals surface area contributed by atoms with Crippen molar-refractivity contribution in [2.75, 3.05) is 32.1 Å². The van der Waals surface area contributed by atoms with Gasteiger partial charge < -0.3 is 15.1 Å². The van der Waals surface area contributed by atoms with E-state index in [1.54, 1.807) is 0 Å². The van der Waals surface area contributed by atoms with E-state index >= 15 is 0 Å². The summed E-state index contributed by atoms with van der Waals surface area (Å²) in [4.78, 5) is 29.8. The smallest absolute Gasteiger partial charge is 0.289 e. The van der Waals surface area contributed by atoms with Gasteiger partial charge in [0.1, 0.15) is 11.6 Å². The summed E-state index contributed by atoms with van der Waals surface area (Å²) in [5.41, 5.74) is 2.35. The maximum atomic E-state index is 12.9. The van der Waals surface area contributed by atoms with Crippen LogP contribution in [0.25, 0.3) is 0 Å². The highest BCUT2D eigenvalue weighted by Gasteiger charge is 2.27. The maximum absolute atomic E-state index is 12.9. The Morgan fingerprint density at radius 3 is 2.74 bits per heavy atom. The van der Waals surface area contributed by atoms with Crippen LogP contribution in [0.4, 0.5) is 10.2 Å². The van der Waals surface area contributed by atoms with Crippen LogP contribution in [-0.4, -0.2) is 59.0 Å².